The van der Waals surface area contributed by atoms with Crippen molar-refractivity contribution in [2.75, 3.05) is 6.54 Å². The van der Waals surface area contributed by atoms with Crippen LogP contribution < -0.4 is 0 Å². The minimum Gasteiger partial charge on any atom is -0.328 e. The number of nitrogens with one attached hydrogen (secondary N) is 2. The zero-order chi connectivity index (χ0) is 14.9. The first-order valence-corrected chi connectivity index (χ1v) is 7.43. The number of fused-ring (bicyclic) bond motifs is 1. The van der Waals surface area contributed by atoms with Crippen molar-refractivity contribution in [3.05, 3.63) is 42.1 Å². The van der Waals surface area contributed by atoms with E-state index in [0.717, 1.165) is 42.5 Å². The first-order valence-electron chi connectivity index (χ1n) is 7.43. The van der Waals surface area contributed by atoms with Gasteiger partial charge in [-0.3, -0.25) is 15.0 Å². The van der Waals surface area contributed by atoms with E-state index in [1.54, 1.807) is 6.20 Å². The van der Waals surface area contributed by atoms with E-state index in [0.29, 0.717) is 5.56 Å². The maximum atomic E-state index is 13.0. The molecule has 0 aliphatic carbocycles. The molecule has 1 fully saturated rings. The van der Waals surface area contributed by atoms with Gasteiger partial charge in [-0.05, 0) is 31.4 Å². The fraction of sp³-hybridized carbons (Fsp3) is 0.333. The molecular formula is C15H16N6O. The van der Waals surface area contributed by atoms with E-state index >= 15 is 0 Å². The molecule has 0 radical (unpaired) electrons. The van der Waals surface area contributed by atoms with Gasteiger partial charge < -0.3 is 4.90 Å². The molecule has 1 saturated heterocycles. The molecular weight excluding hydrogens is 280 g/mol. The minimum atomic E-state index is -0.0362. The summed E-state index contributed by atoms with van der Waals surface area (Å²) in [6.07, 6.45) is 6.20. The first-order chi connectivity index (χ1) is 10.8. The van der Waals surface area contributed by atoms with Crippen LogP contribution in [0.25, 0.3) is 10.9 Å². The quantitative estimate of drug-likeness (QED) is 0.757. The lowest BCUT2D eigenvalue weighted by molar-refractivity contribution is 0.0602. The summed E-state index contributed by atoms with van der Waals surface area (Å²) in [7, 11) is 0. The maximum Gasteiger partial charge on any atom is 0.255 e. The number of aromatic nitrogens is 5. The molecule has 1 aliphatic rings. The molecule has 1 aliphatic heterocycles. The molecule has 1 atom stereocenters. The first kappa shape index (κ1) is 13.0. The Kier molecular flexibility index (Phi) is 3.10. The molecule has 22 heavy (non-hydrogen) atoms. The van der Waals surface area contributed by atoms with E-state index < -0.39 is 0 Å². The molecule has 112 valence electrons. The van der Waals surface area contributed by atoms with Gasteiger partial charge in [0.15, 0.2) is 0 Å². The Balaban J connectivity index is 1.72. The van der Waals surface area contributed by atoms with Crippen LogP contribution in [-0.2, 0) is 0 Å². The van der Waals surface area contributed by atoms with Crippen LogP contribution in [0.1, 0.15) is 41.5 Å². The Morgan fingerprint density at radius 3 is 3.05 bits per heavy atom. The molecule has 3 aromatic rings. The third kappa shape index (κ3) is 2.05. The molecule has 4 rings (SSSR count). The van der Waals surface area contributed by atoms with Gasteiger partial charge in [-0.15, -0.1) is 0 Å². The van der Waals surface area contributed by atoms with Crippen LogP contribution in [-0.4, -0.2) is 42.7 Å². The molecule has 0 spiro atoms. The number of rotatable bonds is 2. The number of nitrogens with zero attached hydrogens (tertiary/aromatic N) is 4. The predicted molar refractivity (Wildman–Crippen MR) is 80.1 cm³/mol. The number of carbonyl (C=O) groups is 1. The average molecular weight is 296 g/mol. The molecule has 0 saturated carbocycles. The Morgan fingerprint density at radius 1 is 1.23 bits per heavy atom. The molecule has 1 unspecified atom stereocenters. The van der Waals surface area contributed by atoms with Crippen LogP contribution >= 0.6 is 0 Å². The average Bonchev–Trinajstić information content (AvgIpc) is 3.25. The monoisotopic (exact) mass is 296 g/mol. The van der Waals surface area contributed by atoms with Crippen molar-refractivity contribution in [1.82, 2.24) is 30.3 Å². The Hall–Kier alpha value is -2.70. The Labute approximate surface area is 126 Å². The number of amides is 1. The normalized spacial score (nSPS) is 18.7. The zero-order valence-electron chi connectivity index (χ0n) is 12.0. The topological polar surface area (TPSA) is 90.6 Å². The van der Waals surface area contributed by atoms with Crippen LogP contribution in [0.4, 0.5) is 0 Å². The summed E-state index contributed by atoms with van der Waals surface area (Å²) in [6, 6.07) is 5.61. The van der Waals surface area contributed by atoms with Gasteiger partial charge in [-0.2, -0.15) is 10.2 Å². The molecule has 1 aromatic carbocycles. The van der Waals surface area contributed by atoms with E-state index in [9.17, 15) is 4.79 Å². The van der Waals surface area contributed by atoms with Gasteiger partial charge in [0.05, 0.1) is 23.3 Å². The summed E-state index contributed by atoms with van der Waals surface area (Å²) in [5.74, 6) is 0.778. The van der Waals surface area contributed by atoms with E-state index in [1.165, 1.54) is 6.33 Å². The highest BCUT2D eigenvalue weighted by Crippen LogP contribution is 2.31. The van der Waals surface area contributed by atoms with E-state index in [-0.39, 0.29) is 11.9 Å². The summed E-state index contributed by atoms with van der Waals surface area (Å²) in [5, 5.41) is 14.6. The predicted octanol–water partition coefficient (Wildman–Crippen LogP) is 2.05. The van der Waals surface area contributed by atoms with Crippen LogP contribution in [0.2, 0.25) is 0 Å². The van der Waals surface area contributed by atoms with E-state index in [1.807, 2.05) is 23.1 Å². The zero-order valence-corrected chi connectivity index (χ0v) is 12.0. The van der Waals surface area contributed by atoms with Crippen LogP contribution in [0.5, 0.6) is 0 Å². The number of hydrogen-bond acceptors (Lipinski definition) is 4. The highest BCUT2D eigenvalue weighted by molar-refractivity contribution is 6.06. The number of H-pyrrole nitrogens is 2. The number of aromatic amines is 2. The van der Waals surface area contributed by atoms with Crippen molar-refractivity contribution in [3.8, 4) is 0 Å². The van der Waals surface area contributed by atoms with Crippen molar-refractivity contribution < 1.29 is 4.79 Å². The highest BCUT2D eigenvalue weighted by atomic mass is 16.2. The summed E-state index contributed by atoms with van der Waals surface area (Å²) < 4.78 is 0. The smallest absolute Gasteiger partial charge is 0.255 e. The van der Waals surface area contributed by atoms with Crippen molar-refractivity contribution in [3.63, 3.8) is 0 Å². The van der Waals surface area contributed by atoms with Crippen molar-refractivity contribution in [1.29, 1.82) is 0 Å². The van der Waals surface area contributed by atoms with Gasteiger partial charge in [0.1, 0.15) is 12.2 Å². The SMILES string of the molecule is O=C(c1cccc2[nH]ncc12)N1CCCCC1c1ncn[nH]1. The van der Waals surface area contributed by atoms with Crippen molar-refractivity contribution in [2.24, 2.45) is 0 Å². The maximum absolute atomic E-state index is 13.0. The van der Waals surface area contributed by atoms with Crippen LogP contribution in [0.15, 0.2) is 30.7 Å². The lowest BCUT2D eigenvalue weighted by Gasteiger charge is -2.34. The largest absolute Gasteiger partial charge is 0.328 e. The fourth-order valence-electron chi connectivity index (χ4n) is 3.14. The third-order valence-corrected chi connectivity index (χ3v) is 4.23. The summed E-state index contributed by atoms with van der Waals surface area (Å²) >= 11 is 0. The number of benzene rings is 1. The molecule has 2 N–H and O–H groups in total. The highest BCUT2D eigenvalue weighted by Gasteiger charge is 2.31. The molecule has 7 heteroatoms. The lowest BCUT2D eigenvalue weighted by Crippen LogP contribution is -2.39. The molecule has 0 bridgehead atoms. The van der Waals surface area contributed by atoms with Gasteiger partial charge in [0.2, 0.25) is 0 Å². The summed E-state index contributed by atoms with van der Waals surface area (Å²) in [4.78, 5) is 19.2. The van der Waals surface area contributed by atoms with Crippen LogP contribution in [0, 0.1) is 0 Å². The van der Waals surface area contributed by atoms with Crippen molar-refractivity contribution >= 4 is 16.8 Å². The standard InChI is InChI=1S/C15H16N6O/c22-15(10-4-3-5-12-11(10)8-17-19-12)21-7-2-1-6-13(21)14-16-9-18-20-14/h3-5,8-9,13H,1-2,6-7H2,(H,17,19)(H,16,18,20). The van der Waals surface area contributed by atoms with Gasteiger partial charge in [0, 0.05) is 11.9 Å². The second-order valence-corrected chi connectivity index (χ2v) is 5.52. The van der Waals surface area contributed by atoms with Gasteiger partial charge in [-0.1, -0.05) is 6.07 Å². The molecule has 1 amide bonds. The minimum absolute atomic E-state index is 0.0214. The van der Waals surface area contributed by atoms with Gasteiger partial charge >= 0.3 is 0 Å². The van der Waals surface area contributed by atoms with Crippen LogP contribution in [0.3, 0.4) is 0 Å². The van der Waals surface area contributed by atoms with Gasteiger partial charge in [0.25, 0.3) is 5.91 Å². The molecule has 7 nitrogen and oxygen atoms in total. The molecule has 2 aromatic heterocycles. The lowest BCUT2D eigenvalue weighted by atomic mass is 9.99. The number of hydrogen-bond donors (Lipinski definition) is 2. The van der Waals surface area contributed by atoms with E-state index in [4.69, 9.17) is 0 Å². The van der Waals surface area contributed by atoms with Gasteiger partial charge in [-0.25, -0.2) is 4.98 Å². The Bertz CT molecular complexity index is 793. The summed E-state index contributed by atoms with van der Waals surface area (Å²) in [5.41, 5.74) is 1.55. The summed E-state index contributed by atoms with van der Waals surface area (Å²) in [6.45, 7) is 0.735. The third-order valence-electron chi connectivity index (χ3n) is 4.23. The Morgan fingerprint density at radius 2 is 2.18 bits per heavy atom. The number of piperidine rings is 1. The number of likely N-dealkylation sites (tertiary alicyclic amines) is 1. The molecule has 3 heterocycles. The van der Waals surface area contributed by atoms with Crippen molar-refractivity contribution in [2.45, 2.75) is 25.3 Å². The number of carbonyl (C=O) groups excluding carboxylic acids is 1. The second-order valence-electron chi connectivity index (χ2n) is 5.52. The van der Waals surface area contributed by atoms with E-state index in [2.05, 4.69) is 25.4 Å². The second kappa shape index (κ2) is 5.25. The fourth-order valence-corrected chi connectivity index (χ4v) is 3.14.